The van der Waals surface area contributed by atoms with Crippen molar-refractivity contribution in [2.24, 2.45) is 10.3 Å². The quantitative estimate of drug-likeness (QED) is 0.723. The molecule has 0 N–H and O–H groups in total. The van der Waals surface area contributed by atoms with Crippen LogP contribution in [0.15, 0.2) is 52.8 Å². The Morgan fingerprint density at radius 2 is 1.72 bits per heavy atom. The SMILES string of the molecule is O=C1[C@H]2N=NN(c3cccc(C(F)(F)F)c3)[C@H]2C(=O)N1c1ccc2c(c1)CCC2. The molecule has 2 aromatic rings. The fraction of sp³-hybridized carbons (Fsp3) is 0.300. The first-order valence-electron chi connectivity index (χ1n) is 9.21. The summed E-state index contributed by atoms with van der Waals surface area (Å²) in [4.78, 5) is 27.0. The van der Waals surface area contributed by atoms with E-state index in [0.29, 0.717) is 5.69 Å². The highest BCUT2D eigenvalue weighted by molar-refractivity contribution is 6.26. The van der Waals surface area contributed by atoms with E-state index in [4.69, 9.17) is 0 Å². The first-order valence-corrected chi connectivity index (χ1v) is 9.21. The summed E-state index contributed by atoms with van der Waals surface area (Å²) >= 11 is 0. The zero-order valence-corrected chi connectivity index (χ0v) is 15.1. The van der Waals surface area contributed by atoms with Crippen molar-refractivity contribution in [1.82, 2.24) is 0 Å². The summed E-state index contributed by atoms with van der Waals surface area (Å²) in [6.45, 7) is 0. The number of hydrogen-bond donors (Lipinski definition) is 0. The maximum Gasteiger partial charge on any atom is 0.416 e. The molecule has 2 aromatic carbocycles. The number of nitrogens with zero attached hydrogens (tertiary/aromatic N) is 4. The number of alkyl halides is 3. The van der Waals surface area contributed by atoms with Crippen molar-refractivity contribution in [3.05, 3.63) is 59.2 Å². The molecule has 29 heavy (non-hydrogen) atoms. The van der Waals surface area contributed by atoms with Crippen molar-refractivity contribution in [2.75, 3.05) is 9.91 Å². The molecule has 2 amide bonds. The summed E-state index contributed by atoms with van der Waals surface area (Å²) in [7, 11) is 0. The Morgan fingerprint density at radius 1 is 0.931 bits per heavy atom. The number of imide groups is 1. The molecular formula is C20H15F3N4O2. The Labute approximate surface area is 163 Å². The molecule has 6 nitrogen and oxygen atoms in total. The lowest BCUT2D eigenvalue weighted by Crippen LogP contribution is -2.40. The normalized spacial score (nSPS) is 23.1. The molecule has 9 heteroatoms. The second-order valence-corrected chi connectivity index (χ2v) is 7.31. The average molecular weight is 400 g/mol. The van der Waals surface area contributed by atoms with Crippen molar-refractivity contribution in [1.29, 1.82) is 0 Å². The van der Waals surface area contributed by atoms with Gasteiger partial charge in [-0.3, -0.25) is 9.59 Å². The number of benzene rings is 2. The first-order chi connectivity index (χ1) is 13.8. The first kappa shape index (κ1) is 17.8. The van der Waals surface area contributed by atoms with E-state index in [1.54, 1.807) is 6.07 Å². The zero-order chi connectivity index (χ0) is 20.3. The van der Waals surface area contributed by atoms with Gasteiger partial charge < -0.3 is 0 Å². The van der Waals surface area contributed by atoms with E-state index in [1.807, 2.05) is 12.1 Å². The highest BCUT2D eigenvalue weighted by Crippen LogP contribution is 2.38. The van der Waals surface area contributed by atoms with Gasteiger partial charge in [0.05, 0.1) is 16.9 Å². The van der Waals surface area contributed by atoms with E-state index in [1.165, 1.54) is 17.7 Å². The molecule has 0 aromatic heterocycles. The number of hydrogen-bond acceptors (Lipinski definition) is 5. The lowest BCUT2D eigenvalue weighted by molar-refractivity contribution is -0.137. The molecule has 2 aliphatic heterocycles. The maximum atomic E-state index is 13.1. The van der Waals surface area contributed by atoms with Gasteiger partial charge in [0.15, 0.2) is 12.1 Å². The summed E-state index contributed by atoms with van der Waals surface area (Å²) in [5.41, 5.74) is 1.98. The number of aryl methyl sites for hydroxylation is 2. The molecule has 0 radical (unpaired) electrons. The molecule has 0 spiro atoms. The van der Waals surface area contributed by atoms with Gasteiger partial charge in [0, 0.05) is 0 Å². The monoisotopic (exact) mass is 400 g/mol. The minimum atomic E-state index is -4.53. The molecule has 3 aliphatic rings. The summed E-state index contributed by atoms with van der Waals surface area (Å²) in [6, 6.07) is 7.82. The predicted molar refractivity (Wildman–Crippen MR) is 97.3 cm³/mol. The van der Waals surface area contributed by atoms with Crippen LogP contribution in [0.4, 0.5) is 24.5 Å². The molecular weight excluding hydrogens is 385 g/mol. The predicted octanol–water partition coefficient (Wildman–Crippen LogP) is 3.69. The number of halogens is 3. The van der Waals surface area contributed by atoms with Crippen LogP contribution in [0.3, 0.4) is 0 Å². The molecule has 1 aliphatic carbocycles. The Bertz CT molecular complexity index is 1070. The van der Waals surface area contributed by atoms with Crippen LogP contribution in [-0.2, 0) is 28.6 Å². The van der Waals surface area contributed by atoms with Crippen LogP contribution in [0.1, 0.15) is 23.1 Å². The van der Waals surface area contributed by atoms with Gasteiger partial charge in [-0.05, 0) is 60.7 Å². The number of rotatable bonds is 2. The lowest BCUT2D eigenvalue weighted by atomic mass is 10.1. The molecule has 1 saturated heterocycles. The Hall–Kier alpha value is -3.23. The third kappa shape index (κ3) is 2.72. The van der Waals surface area contributed by atoms with E-state index >= 15 is 0 Å². The minimum Gasteiger partial charge on any atom is -0.271 e. The standard InChI is InChI=1S/C20H15F3N4O2/c21-20(22,23)13-5-2-6-15(10-13)27-17-16(24-25-27)18(28)26(19(17)29)14-8-7-11-3-1-4-12(11)9-14/h2,5-10,16-17H,1,3-4H2/t16-,17+/m0/s1. The largest absolute Gasteiger partial charge is 0.416 e. The summed E-state index contributed by atoms with van der Waals surface area (Å²) in [5, 5.41) is 8.81. The van der Waals surface area contributed by atoms with Crippen LogP contribution < -0.4 is 9.91 Å². The summed E-state index contributed by atoms with van der Waals surface area (Å²) in [6.07, 6.45) is -1.63. The van der Waals surface area contributed by atoms with Gasteiger partial charge in [0.25, 0.3) is 11.8 Å². The second kappa shape index (κ2) is 6.13. The topological polar surface area (TPSA) is 65.3 Å². The summed E-state index contributed by atoms with van der Waals surface area (Å²) < 4.78 is 39.2. The molecule has 0 bridgehead atoms. The van der Waals surface area contributed by atoms with Crippen molar-refractivity contribution in [2.45, 2.75) is 37.5 Å². The number of anilines is 2. The third-order valence-corrected chi connectivity index (χ3v) is 5.56. The smallest absolute Gasteiger partial charge is 0.271 e. The fourth-order valence-electron chi connectivity index (χ4n) is 4.15. The minimum absolute atomic E-state index is 0.0630. The molecule has 1 fully saturated rings. The van der Waals surface area contributed by atoms with E-state index in [2.05, 4.69) is 10.3 Å². The van der Waals surface area contributed by atoms with Gasteiger partial charge in [-0.1, -0.05) is 17.4 Å². The molecule has 2 heterocycles. The van der Waals surface area contributed by atoms with Gasteiger partial charge in [-0.15, -0.1) is 0 Å². The van der Waals surface area contributed by atoms with Gasteiger partial charge >= 0.3 is 6.18 Å². The molecule has 0 saturated carbocycles. The molecule has 5 rings (SSSR count). The van der Waals surface area contributed by atoms with Crippen LogP contribution >= 0.6 is 0 Å². The van der Waals surface area contributed by atoms with Crippen molar-refractivity contribution < 1.29 is 22.8 Å². The number of amides is 2. The Morgan fingerprint density at radius 3 is 2.52 bits per heavy atom. The van der Waals surface area contributed by atoms with Crippen LogP contribution in [0.5, 0.6) is 0 Å². The highest BCUT2D eigenvalue weighted by atomic mass is 19.4. The summed E-state index contributed by atoms with van der Waals surface area (Å²) in [5.74, 6) is -1.06. The average Bonchev–Trinajstić information content (AvgIpc) is 3.38. The van der Waals surface area contributed by atoms with Crippen LogP contribution in [-0.4, -0.2) is 23.9 Å². The van der Waals surface area contributed by atoms with E-state index in [9.17, 15) is 22.8 Å². The van der Waals surface area contributed by atoms with Crippen LogP contribution in [0.2, 0.25) is 0 Å². The number of carbonyl (C=O) groups is 2. The van der Waals surface area contributed by atoms with Gasteiger partial charge in [-0.25, -0.2) is 9.91 Å². The zero-order valence-electron chi connectivity index (χ0n) is 15.1. The molecule has 0 unspecified atom stereocenters. The number of carbonyl (C=O) groups excluding carboxylic acids is 2. The lowest BCUT2D eigenvalue weighted by Gasteiger charge is -2.21. The van der Waals surface area contributed by atoms with Crippen LogP contribution in [0.25, 0.3) is 0 Å². The molecule has 2 atom stereocenters. The fourth-order valence-corrected chi connectivity index (χ4v) is 4.15. The van der Waals surface area contributed by atoms with Gasteiger partial charge in [0.2, 0.25) is 0 Å². The Balaban J connectivity index is 1.49. The van der Waals surface area contributed by atoms with Crippen LogP contribution in [0, 0.1) is 0 Å². The number of fused-ring (bicyclic) bond motifs is 2. The van der Waals surface area contributed by atoms with Gasteiger partial charge in [0.1, 0.15) is 0 Å². The van der Waals surface area contributed by atoms with Crippen molar-refractivity contribution in [3.63, 3.8) is 0 Å². The van der Waals surface area contributed by atoms with Crippen molar-refractivity contribution >= 4 is 23.2 Å². The maximum absolute atomic E-state index is 13.1. The van der Waals surface area contributed by atoms with Gasteiger partial charge in [-0.2, -0.15) is 18.3 Å². The van der Waals surface area contributed by atoms with E-state index in [-0.39, 0.29) is 5.69 Å². The third-order valence-electron chi connectivity index (χ3n) is 5.56. The molecule has 148 valence electrons. The highest BCUT2D eigenvalue weighted by Gasteiger charge is 2.55. The van der Waals surface area contributed by atoms with E-state index < -0.39 is 35.6 Å². The second-order valence-electron chi connectivity index (χ2n) is 7.31. The van der Waals surface area contributed by atoms with Crippen molar-refractivity contribution in [3.8, 4) is 0 Å². The Kier molecular flexibility index (Phi) is 3.77. The van der Waals surface area contributed by atoms with E-state index in [0.717, 1.165) is 46.9 Å².